The summed E-state index contributed by atoms with van der Waals surface area (Å²) in [5, 5.41) is 2.88. The first-order chi connectivity index (χ1) is 11.0. The van der Waals surface area contributed by atoms with Crippen molar-refractivity contribution in [1.82, 2.24) is 0 Å². The maximum Gasteiger partial charge on any atom is 0.267 e. The summed E-state index contributed by atoms with van der Waals surface area (Å²) in [7, 11) is 1.68. The molecular weight excluding hydrogens is 292 g/mol. The van der Waals surface area contributed by atoms with Crippen LogP contribution in [0.4, 0.5) is 11.4 Å². The Morgan fingerprint density at radius 2 is 1.96 bits per heavy atom. The number of likely N-dealkylation sites (N-methyl/N-ethyl adjacent to an activating group) is 1. The lowest BCUT2D eigenvalue weighted by atomic mass is 10.1. The zero-order valence-electron chi connectivity index (χ0n) is 13.3. The number of benzene rings is 2. The highest BCUT2D eigenvalue weighted by atomic mass is 16.5. The zero-order chi connectivity index (χ0) is 16.6. The van der Waals surface area contributed by atoms with Crippen LogP contribution in [0.15, 0.2) is 42.5 Å². The van der Waals surface area contributed by atoms with E-state index in [0.29, 0.717) is 17.0 Å². The Labute approximate surface area is 134 Å². The van der Waals surface area contributed by atoms with Gasteiger partial charge in [0.2, 0.25) is 0 Å². The summed E-state index contributed by atoms with van der Waals surface area (Å²) >= 11 is 0. The molecule has 3 rings (SSSR count). The highest BCUT2D eigenvalue weighted by Gasteiger charge is 2.29. The van der Waals surface area contributed by atoms with Crippen LogP contribution in [-0.2, 0) is 4.79 Å². The molecule has 5 nitrogen and oxygen atoms in total. The summed E-state index contributed by atoms with van der Waals surface area (Å²) in [6.07, 6.45) is -0.515. The number of carbonyl (C=O) groups is 2. The van der Waals surface area contributed by atoms with Crippen LogP contribution in [0.1, 0.15) is 22.8 Å². The van der Waals surface area contributed by atoms with Gasteiger partial charge >= 0.3 is 0 Å². The van der Waals surface area contributed by atoms with Crippen molar-refractivity contribution in [2.24, 2.45) is 0 Å². The van der Waals surface area contributed by atoms with Crippen LogP contribution >= 0.6 is 0 Å². The predicted octanol–water partition coefficient (Wildman–Crippen LogP) is 2.99. The van der Waals surface area contributed by atoms with Crippen molar-refractivity contribution in [2.75, 3.05) is 17.3 Å². The molecular formula is C18H18N2O3. The molecule has 1 N–H and O–H groups in total. The normalized spacial score (nSPS) is 16.6. The molecule has 2 aromatic carbocycles. The quantitative estimate of drug-likeness (QED) is 0.927. The van der Waals surface area contributed by atoms with Crippen molar-refractivity contribution in [2.45, 2.75) is 20.0 Å². The van der Waals surface area contributed by atoms with Gasteiger partial charge in [-0.2, -0.15) is 0 Å². The Balaban J connectivity index is 1.89. The number of anilines is 2. The summed E-state index contributed by atoms with van der Waals surface area (Å²) < 4.78 is 5.56. The number of ether oxygens (including phenoxy) is 1. The fraction of sp³-hybridized carbons (Fsp3) is 0.222. The molecule has 0 fully saturated rings. The number of hydrogen-bond donors (Lipinski definition) is 1. The molecule has 0 aromatic heterocycles. The fourth-order valence-electron chi connectivity index (χ4n) is 2.56. The molecule has 2 aromatic rings. The Morgan fingerprint density at radius 1 is 1.22 bits per heavy atom. The van der Waals surface area contributed by atoms with Gasteiger partial charge in [-0.3, -0.25) is 9.59 Å². The third kappa shape index (κ3) is 2.77. The van der Waals surface area contributed by atoms with Gasteiger partial charge in [-0.05, 0) is 43.7 Å². The molecule has 1 aliphatic rings. The molecule has 1 heterocycles. The van der Waals surface area contributed by atoms with E-state index in [1.807, 2.05) is 31.2 Å². The minimum atomic E-state index is -0.515. The number of nitrogens with one attached hydrogen (secondary N) is 1. The van der Waals surface area contributed by atoms with Crippen LogP contribution in [0, 0.1) is 6.92 Å². The monoisotopic (exact) mass is 310 g/mol. The van der Waals surface area contributed by atoms with Crippen LogP contribution in [0.5, 0.6) is 5.75 Å². The van der Waals surface area contributed by atoms with Crippen LogP contribution in [0.3, 0.4) is 0 Å². The molecule has 118 valence electrons. The molecule has 0 saturated heterocycles. The first kappa shape index (κ1) is 15.1. The molecule has 1 unspecified atom stereocenters. The summed E-state index contributed by atoms with van der Waals surface area (Å²) in [6.45, 7) is 3.64. The lowest BCUT2D eigenvalue weighted by Gasteiger charge is -2.30. The number of fused-ring (bicyclic) bond motifs is 1. The topological polar surface area (TPSA) is 58.6 Å². The molecule has 0 saturated carbocycles. The lowest BCUT2D eigenvalue weighted by Crippen LogP contribution is -2.42. The molecule has 0 spiro atoms. The second-order valence-electron chi connectivity index (χ2n) is 5.61. The summed E-state index contributed by atoms with van der Waals surface area (Å²) in [5.41, 5.74) is 2.84. The van der Waals surface area contributed by atoms with Crippen molar-refractivity contribution in [1.29, 1.82) is 0 Å². The number of amides is 2. The number of rotatable bonds is 2. The lowest BCUT2D eigenvalue weighted by molar-refractivity contribution is -0.125. The van der Waals surface area contributed by atoms with Gasteiger partial charge in [-0.1, -0.05) is 18.2 Å². The molecule has 0 aliphatic carbocycles. The van der Waals surface area contributed by atoms with E-state index in [1.54, 1.807) is 32.2 Å². The Bertz CT molecular complexity index is 786. The molecule has 0 radical (unpaired) electrons. The molecule has 0 bridgehead atoms. The third-order valence-corrected chi connectivity index (χ3v) is 3.96. The number of hydrogen-bond acceptors (Lipinski definition) is 3. The average molecular weight is 310 g/mol. The van der Waals surface area contributed by atoms with Gasteiger partial charge in [0.05, 0.1) is 5.69 Å². The number of para-hydroxylation sites is 1. The average Bonchev–Trinajstić information content (AvgIpc) is 2.54. The van der Waals surface area contributed by atoms with Gasteiger partial charge in [0, 0.05) is 18.3 Å². The van der Waals surface area contributed by atoms with E-state index in [-0.39, 0.29) is 11.8 Å². The minimum absolute atomic E-state index is 0.131. The van der Waals surface area contributed by atoms with Crippen LogP contribution in [0.2, 0.25) is 0 Å². The molecule has 1 atom stereocenters. The third-order valence-electron chi connectivity index (χ3n) is 3.96. The second-order valence-corrected chi connectivity index (χ2v) is 5.61. The van der Waals surface area contributed by atoms with Gasteiger partial charge in [0.25, 0.3) is 11.8 Å². The molecule has 1 aliphatic heterocycles. The van der Waals surface area contributed by atoms with E-state index >= 15 is 0 Å². The zero-order valence-corrected chi connectivity index (χ0v) is 13.3. The Morgan fingerprint density at radius 3 is 2.70 bits per heavy atom. The Kier molecular flexibility index (Phi) is 3.78. The SMILES string of the molecule is Cc1ccccc1NC(=O)c1ccc2c(c1)N(C)C(=O)C(C)O2. The molecule has 2 amide bonds. The van der Waals surface area contributed by atoms with E-state index in [0.717, 1.165) is 11.3 Å². The maximum atomic E-state index is 12.4. The Hall–Kier alpha value is -2.82. The van der Waals surface area contributed by atoms with Gasteiger partial charge in [0.1, 0.15) is 5.75 Å². The van der Waals surface area contributed by atoms with Crippen molar-refractivity contribution in [3.63, 3.8) is 0 Å². The highest BCUT2D eigenvalue weighted by molar-refractivity contribution is 6.07. The molecule has 5 heteroatoms. The molecule has 23 heavy (non-hydrogen) atoms. The largest absolute Gasteiger partial charge is 0.479 e. The van der Waals surface area contributed by atoms with Gasteiger partial charge in [-0.15, -0.1) is 0 Å². The first-order valence-electron chi connectivity index (χ1n) is 7.42. The van der Waals surface area contributed by atoms with E-state index < -0.39 is 6.10 Å². The fourth-order valence-corrected chi connectivity index (χ4v) is 2.56. The number of aryl methyl sites for hydroxylation is 1. The predicted molar refractivity (Wildman–Crippen MR) is 89.1 cm³/mol. The van der Waals surface area contributed by atoms with Crippen LogP contribution in [-0.4, -0.2) is 25.0 Å². The standard InChI is InChI=1S/C18H18N2O3/c1-11-6-4-5-7-14(11)19-17(21)13-8-9-16-15(10-13)20(3)18(22)12(2)23-16/h4-10,12H,1-3H3,(H,19,21). The van der Waals surface area contributed by atoms with Crippen molar-refractivity contribution in [3.05, 3.63) is 53.6 Å². The van der Waals surface area contributed by atoms with Gasteiger partial charge in [-0.25, -0.2) is 0 Å². The maximum absolute atomic E-state index is 12.4. The van der Waals surface area contributed by atoms with Crippen molar-refractivity contribution in [3.8, 4) is 5.75 Å². The summed E-state index contributed by atoms with van der Waals surface area (Å²) in [6, 6.07) is 12.7. The number of nitrogens with zero attached hydrogens (tertiary/aromatic N) is 1. The van der Waals surface area contributed by atoms with Crippen LogP contribution in [0.25, 0.3) is 0 Å². The highest BCUT2D eigenvalue weighted by Crippen LogP contribution is 2.34. The van der Waals surface area contributed by atoms with Gasteiger partial charge < -0.3 is 15.0 Å². The minimum Gasteiger partial charge on any atom is -0.479 e. The first-order valence-corrected chi connectivity index (χ1v) is 7.42. The van der Waals surface area contributed by atoms with Crippen LogP contribution < -0.4 is 15.0 Å². The van der Waals surface area contributed by atoms with E-state index in [4.69, 9.17) is 4.74 Å². The van der Waals surface area contributed by atoms with E-state index in [9.17, 15) is 9.59 Å². The van der Waals surface area contributed by atoms with Crippen molar-refractivity contribution >= 4 is 23.2 Å². The second kappa shape index (κ2) is 5.76. The van der Waals surface area contributed by atoms with Gasteiger partial charge in [0.15, 0.2) is 6.10 Å². The summed E-state index contributed by atoms with van der Waals surface area (Å²) in [5.74, 6) is 0.252. The number of carbonyl (C=O) groups excluding carboxylic acids is 2. The van der Waals surface area contributed by atoms with E-state index in [2.05, 4.69) is 5.32 Å². The summed E-state index contributed by atoms with van der Waals surface area (Å²) in [4.78, 5) is 26.0. The van der Waals surface area contributed by atoms with Crippen molar-refractivity contribution < 1.29 is 14.3 Å². The smallest absolute Gasteiger partial charge is 0.267 e. The van der Waals surface area contributed by atoms with E-state index in [1.165, 1.54) is 4.90 Å².